The Morgan fingerprint density at radius 2 is 0.841 bits per heavy atom. The van der Waals surface area contributed by atoms with E-state index in [4.69, 9.17) is 0 Å². The van der Waals surface area contributed by atoms with Gasteiger partial charge in [0.25, 0.3) is 0 Å². The zero-order chi connectivity index (χ0) is 42.1. The van der Waals surface area contributed by atoms with Gasteiger partial charge in [0.1, 0.15) is 0 Å². The lowest BCUT2D eigenvalue weighted by Gasteiger charge is -2.36. The topological polar surface area (TPSA) is 3.24 Å². The van der Waals surface area contributed by atoms with E-state index in [1.807, 2.05) is 0 Å². The first-order chi connectivity index (χ1) is 31.0. The fourth-order valence-corrected chi connectivity index (χ4v) is 11.0. The molecule has 1 heteroatoms. The van der Waals surface area contributed by atoms with Crippen LogP contribution < -0.4 is 4.90 Å². The molecule has 0 fully saturated rings. The first-order valence-corrected chi connectivity index (χ1v) is 22.1. The molecule has 0 radical (unpaired) electrons. The first kappa shape index (κ1) is 37.1. The molecule has 0 aliphatic heterocycles. The fourth-order valence-electron chi connectivity index (χ4n) is 11.0. The van der Waals surface area contributed by atoms with Crippen molar-refractivity contribution in [2.45, 2.75) is 24.7 Å². The van der Waals surface area contributed by atoms with Gasteiger partial charge >= 0.3 is 0 Å². The molecule has 10 aromatic rings. The van der Waals surface area contributed by atoms with E-state index in [9.17, 15) is 0 Å². The maximum Gasteiger partial charge on any atom is 0.0714 e. The van der Waals surface area contributed by atoms with Crippen molar-refractivity contribution in [1.29, 1.82) is 0 Å². The Labute approximate surface area is 370 Å². The van der Waals surface area contributed by atoms with Gasteiger partial charge in [-0.25, -0.2) is 0 Å². The number of hydrogen-bond acceptors (Lipinski definition) is 1. The molecule has 0 atom stereocenters. The summed E-state index contributed by atoms with van der Waals surface area (Å²) in [6, 6.07) is 88.0. The maximum atomic E-state index is 2.55. The zero-order valence-electron chi connectivity index (χ0n) is 35.5. The summed E-state index contributed by atoms with van der Waals surface area (Å²) >= 11 is 0. The van der Waals surface area contributed by atoms with Crippen molar-refractivity contribution >= 4 is 27.8 Å². The van der Waals surface area contributed by atoms with Crippen molar-refractivity contribution in [3.8, 4) is 44.5 Å². The summed E-state index contributed by atoms with van der Waals surface area (Å²) in [6.07, 6.45) is 0. The van der Waals surface area contributed by atoms with E-state index >= 15 is 0 Å². The Bertz CT molecular complexity index is 3300. The average molecular weight is 804 g/mol. The number of rotatable bonds is 7. The Balaban J connectivity index is 1.20. The summed E-state index contributed by atoms with van der Waals surface area (Å²) in [6.45, 7) is 4.76. The molecular formula is C62H45N. The molecule has 0 N–H and O–H groups in total. The van der Waals surface area contributed by atoms with Crippen molar-refractivity contribution < 1.29 is 0 Å². The summed E-state index contributed by atoms with van der Waals surface area (Å²) < 4.78 is 0. The lowest BCUT2D eigenvalue weighted by Crippen LogP contribution is -2.28. The molecule has 2 aliphatic carbocycles. The molecule has 298 valence electrons. The van der Waals surface area contributed by atoms with Crippen molar-refractivity contribution in [3.63, 3.8) is 0 Å². The number of anilines is 3. The van der Waals surface area contributed by atoms with Gasteiger partial charge in [0.2, 0.25) is 0 Å². The van der Waals surface area contributed by atoms with Crippen LogP contribution in [0.5, 0.6) is 0 Å². The predicted octanol–water partition coefficient (Wildman–Crippen LogP) is 16.3. The summed E-state index contributed by atoms with van der Waals surface area (Å²) in [5, 5.41) is 2.45. The second kappa shape index (κ2) is 14.4. The van der Waals surface area contributed by atoms with E-state index < -0.39 is 5.41 Å². The van der Waals surface area contributed by atoms with Gasteiger partial charge in [0.15, 0.2) is 0 Å². The van der Waals surface area contributed by atoms with Crippen LogP contribution in [0.15, 0.2) is 237 Å². The third kappa shape index (κ3) is 5.63. The highest BCUT2D eigenvalue weighted by Gasteiger charge is 2.47. The molecule has 0 aromatic heterocycles. The molecule has 1 nitrogen and oxygen atoms in total. The highest BCUT2D eigenvalue weighted by Crippen LogP contribution is 2.59. The lowest BCUT2D eigenvalue weighted by molar-refractivity contribution is 0.660. The largest absolute Gasteiger partial charge is 0.310 e. The minimum atomic E-state index is -0.565. The Hall–Kier alpha value is -7.74. The van der Waals surface area contributed by atoms with Crippen LogP contribution in [-0.2, 0) is 10.8 Å². The van der Waals surface area contributed by atoms with Gasteiger partial charge in [0, 0.05) is 22.4 Å². The lowest BCUT2D eigenvalue weighted by atomic mass is 9.67. The van der Waals surface area contributed by atoms with E-state index in [2.05, 4.69) is 255 Å². The molecular weight excluding hydrogens is 759 g/mol. The maximum absolute atomic E-state index is 2.55. The molecule has 63 heavy (non-hydrogen) atoms. The van der Waals surface area contributed by atoms with Gasteiger partial charge in [-0.05, 0) is 119 Å². The Morgan fingerprint density at radius 3 is 1.56 bits per heavy atom. The second-order valence-corrected chi connectivity index (χ2v) is 17.6. The van der Waals surface area contributed by atoms with Crippen molar-refractivity contribution in [1.82, 2.24) is 0 Å². The van der Waals surface area contributed by atoms with Crippen LogP contribution in [0.3, 0.4) is 0 Å². The molecule has 0 heterocycles. The van der Waals surface area contributed by atoms with Crippen LogP contribution >= 0.6 is 0 Å². The predicted molar refractivity (Wildman–Crippen MR) is 264 cm³/mol. The molecule has 0 spiro atoms. The van der Waals surface area contributed by atoms with E-state index in [1.165, 1.54) is 88.7 Å². The first-order valence-electron chi connectivity index (χ1n) is 22.1. The Kier molecular flexibility index (Phi) is 8.49. The summed E-state index contributed by atoms with van der Waals surface area (Å²) in [7, 11) is 0. The summed E-state index contributed by atoms with van der Waals surface area (Å²) in [5.41, 5.74) is 20.4. The molecule has 10 aromatic carbocycles. The third-order valence-corrected chi connectivity index (χ3v) is 14.0. The highest BCUT2D eigenvalue weighted by molar-refractivity contribution is 6.04. The molecule has 0 saturated carbocycles. The van der Waals surface area contributed by atoms with Crippen LogP contribution in [0.2, 0.25) is 0 Å². The third-order valence-electron chi connectivity index (χ3n) is 14.0. The fraction of sp³-hybridized carbons (Fsp3) is 0.0645. The van der Waals surface area contributed by atoms with Gasteiger partial charge in [-0.1, -0.05) is 214 Å². The van der Waals surface area contributed by atoms with Crippen LogP contribution in [0.25, 0.3) is 55.3 Å². The summed E-state index contributed by atoms with van der Waals surface area (Å²) in [4.78, 5) is 2.54. The SMILES string of the molecule is CC1(C)c2ccccc2-c2ccc(N(c3ccc(-c4ccccc4)cc3)c3cc4c(cc3-c3cccc5ccccc35)-c3ccccc3C4(c3ccccc3)c3ccccc3)cc21. The molecule has 0 saturated heterocycles. The van der Waals surface area contributed by atoms with E-state index in [0.29, 0.717) is 0 Å². The minimum Gasteiger partial charge on any atom is -0.310 e. The van der Waals surface area contributed by atoms with Crippen molar-refractivity contribution in [2.24, 2.45) is 0 Å². The monoisotopic (exact) mass is 803 g/mol. The van der Waals surface area contributed by atoms with Crippen LogP contribution in [0.4, 0.5) is 17.1 Å². The normalized spacial score (nSPS) is 13.8. The van der Waals surface area contributed by atoms with Gasteiger partial charge in [0.05, 0.1) is 11.1 Å². The molecule has 0 amide bonds. The highest BCUT2D eigenvalue weighted by atomic mass is 15.1. The minimum absolute atomic E-state index is 0.168. The van der Waals surface area contributed by atoms with Gasteiger partial charge in [-0.3, -0.25) is 0 Å². The zero-order valence-corrected chi connectivity index (χ0v) is 35.5. The van der Waals surface area contributed by atoms with Crippen molar-refractivity contribution in [3.05, 3.63) is 270 Å². The standard InChI is InChI=1S/C62H45N/c1-61(2)56-31-16-14-28-51(56)53-38-37-48(39-58(53)61)63(47-35-33-43(34-36-47)42-19-6-3-7-20-42)60-41-59-54(40-55(60)50-30-18-22-44-21-12-13-27-49(44)50)52-29-15-17-32-57(52)62(59,45-23-8-4-9-24-45)46-25-10-5-11-26-46/h3-41H,1-2H3. The smallest absolute Gasteiger partial charge is 0.0714 e. The quantitative estimate of drug-likeness (QED) is 0.155. The van der Waals surface area contributed by atoms with Crippen molar-refractivity contribution in [2.75, 3.05) is 4.90 Å². The number of nitrogens with zero attached hydrogens (tertiary/aromatic N) is 1. The van der Waals surface area contributed by atoms with E-state index in [-0.39, 0.29) is 5.41 Å². The molecule has 0 unspecified atom stereocenters. The van der Waals surface area contributed by atoms with Crippen LogP contribution in [0.1, 0.15) is 47.2 Å². The molecule has 0 bridgehead atoms. The Morgan fingerprint density at radius 1 is 0.317 bits per heavy atom. The van der Waals surface area contributed by atoms with Crippen LogP contribution in [-0.4, -0.2) is 0 Å². The van der Waals surface area contributed by atoms with Crippen LogP contribution in [0, 0.1) is 0 Å². The van der Waals surface area contributed by atoms with E-state index in [0.717, 1.165) is 17.1 Å². The number of fused-ring (bicyclic) bond motifs is 7. The second-order valence-electron chi connectivity index (χ2n) is 17.6. The molecule has 2 aliphatic rings. The van der Waals surface area contributed by atoms with Gasteiger partial charge < -0.3 is 4.90 Å². The van der Waals surface area contributed by atoms with E-state index in [1.54, 1.807) is 0 Å². The van der Waals surface area contributed by atoms with Gasteiger partial charge in [-0.15, -0.1) is 0 Å². The number of hydrogen-bond donors (Lipinski definition) is 0. The number of benzene rings is 10. The summed E-state index contributed by atoms with van der Waals surface area (Å²) in [5.74, 6) is 0. The average Bonchev–Trinajstić information content (AvgIpc) is 3.77. The van der Waals surface area contributed by atoms with Gasteiger partial charge in [-0.2, -0.15) is 0 Å². The molecule has 12 rings (SSSR count).